The molecule has 136 valence electrons. The second kappa shape index (κ2) is 6.08. The maximum Gasteiger partial charge on any atom is 0.407 e. The highest BCUT2D eigenvalue weighted by Crippen LogP contribution is 2.35. The second-order valence-electron chi connectivity index (χ2n) is 6.71. The number of nitrogens with zero attached hydrogens (tertiary/aromatic N) is 5. The quantitative estimate of drug-likeness (QED) is 0.878. The van der Waals surface area contributed by atoms with Crippen LogP contribution < -0.4 is 0 Å². The molecule has 26 heavy (non-hydrogen) atoms. The molecule has 2 amide bonds. The Morgan fingerprint density at radius 2 is 1.96 bits per heavy atom. The van der Waals surface area contributed by atoms with E-state index in [0.29, 0.717) is 25.1 Å². The van der Waals surface area contributed by atoms with Crippen LogP contribution >= 0.6 is 0 Å². The van der Waals surface area contributed by atoms with Crippen molar-refractivity contribution in [1.29, 1.82) is 0 Å². The third kappa shape index (κ3) is 2.51. The minimum absolute atomic E-state index is 0.0768. The lowest BCUT2D eigenvalue weighted by Crippen LogP contribution is -2.66. The van der Waals surface area contributed by atoms with Crippen LogP contribution in [0.15, 0.2) is 24.5 Å². The van der Waals surface area contributed by atoms with Crippen molar-refractivity contribution in [3.8, 4) is 5.69 Å². The zero-order valence-corrected chi connectivity index (χ0v) is 14.2. The Kier molecular flexibility index (Phi) is 3.86. The molecule has 4 rings (SSSR count). The van der Waals surface area contributed by atoms with Gasteiger partial charge >= 0.3 is 6.09 Å². The summed E-state index contributed by atoms with van der Waals surface area (Å²) in [5.74, 6) is -0.792. The number of carboxylic acid groups (broad SMARTS) is 1. The summed E-state index contributed by atoms with van der Waals surface area (Å²) in [5, 5.41) is 17.2. The van der Waals surface area contributed by atoms with Gasteiger partial charge in [0.2, 0.25) is 0 Å². The monoisotopic (exact) mass is 359 g/mol. The number of fused-ring (bicyclic) bond motifs is 1. The number of piperidine rings is 1. The Labute approximate surface area is 148 Å². The maximum atomic E-state index is 14.8. The molecule has 0 radical (unpaired) electrons. The molecule has 3 heterocycles. The number of hydrogen-bond donors (Lipinski definition) is 1. The van der Waals surface area contributed by atoms with Gasteiger partial charge in [0.1, 0.15) is 17.1 Å². The molecule has 2 unspecified atom stereocenters. The van der Waals surface area contributed by atoms with Crippen molar-refractivity contribution in [3.05, 3.63) is 41.5 Å². The van der Waals surface area contributed by atoms with E-state index in [0.717, 1.165) is 0 Å². The lowest BCUT2D eigenvalue weighted by Gasteiger charge is -2.52. The van der Waals surface area contributed by atoms with E-state index in [1.54, 1.807) is 24.0 Å². The minimum Gasteiger partial charge on any atom is -0.465 e. The van der Waals surface area contributed by atoms with Gasteiger partial charge in [-0.3, -0.25) is 4.79 Å². The van der Waals surface area contributed by atoms with Crippen LogP contribution in [-0.4, -0.2) is 67.6 Å². The van der Waals surface area contributed by atoms with Crippen molar-refractivity contribution in [1.82, 2.24) is 24.8 Å². The van der Waals surface area contributed by atoms with Crippen LogP contribution in [0.1, 0.15) is 22.3 Å². The van der Waals surface area contributed by atoms with E-state index < -0.39 is 17.8 Å². The molecule has 2 atom stereocenters. The number of amides is 2. The van der Waals surface area contributed by atoms with E-state index in [1.165, 1.54) is 22.1 Å². The topological polar surface area (TPSA) is 91.6 Å². The highest BCUT2D eigenvalue weighted by molar-refractivity contribution is 5.99. The third-order valence-corrected chi connectivity index (χ3v) is 5.25. The molecule has 0 saturated carbocycles. The zero-order chi connectivity index (χ0) is 18.4. The lowest BCUT2D eigenvalue weighted by atomic mass is 9.81. The molecule has 9 heteroatoms. The van der Waals surface area contributed by atoms with Crippen LogP contribution in [0.5, 0.6) is 0 Å². The molecule has 0 bridgehead atoms. The molecule has 2 aromatic rings. The number of carbonyl (C=O) groups is 2. The number of carbonyl (C=O) groups excluding carboxylic acids is 1. The van der Waals surface area contributed by atoms with Crippen LogP contribution in [0.3, 0.4) is 0 Å². The molecule has 2 saturated heterocycles. The summed E-state index contributed by atoms with van der Waals surface area (Å²) in [6.45, 7) is 2.84. The number of aryl methyl sites for hydroxylation is 1. The average molecular weight is 359 g/mol. The SMILES string of the molecule is Cc1ccc(-n2nccn2)c(C(=O)N2CC3CCN(C(=O)O)CC32)c1F. The number of aromatic nitrogens is 3. The summed E-state index contributed by atoms with van der Waals surface area (Å²) < 4.78 is 14.8. The Bertz CT molecular complexity index is 870. The number of halogens is 1. The van der Waals surface area contributed by atoms with Crippen molar-refractivity contribution in [3.63, 3.8) is 0 Å². The highest BCUT2D eigenvalue weighted by atomic mass is 19.1. The molecule has 1 aromatic carbocycles. The van der Waals surface area contributed by atoms with Gasteiger partial charge in [0.25, 0.3) is 5.91 Å². The molecule has 8 nitrogen and oxygen atoms in total. The predicted molar refractivity (Wildman–Crippen MR) is 88.6 cm³/mol. The summed E-state index contributed by atoms with van der Waals surface area (Å²) in [6, 6.07) is 2.98. The Morgan fingerprint density at radius 3 is 2.65 bits per heavy atom. The van der Waals surface area contributed by atoms with Crippen LogP contribution in [0.4, 0.5) is 9.18 Å². The third-order valence-electron chi connectivity index (χ3n) is 5.25. The van der Waals surface area contributed by atoms with Crippen LogP contribution in [0.2, 0.25) is 0 Å². The van der Waals surface area contributed by atoms with Gasteiger partial charge in [-0.25, -0.2) is 9.18 Å². The fourth-order valence-corrected chi connectivity index (χ4v) is 3.73. The predicted octanol–water partition coefficient (Wildman–Crippen LogP) is 1.54. The van der Waals surface area contributed by atoms with Gasteiger partial charge in [0.05, 0.1) is 18.4 Å². The van der Waals surface area contributed by atoms with E-state index in [1.807, 2.05) is 0 Å². The standard InChI is InChI=1S/C17H18FN5O3/c1-10-2-3-12(23-19-5-6-20-23)14(15(10)18)16(24)22-8-11-4-7-21(17(25)26)9-13(11)22/h2-3,5-6,11,13H,4,7-9H2,1H3,(H,25,26). The van der Waals surface area contributed by atoms with E-state index in [9.17, 15) is 19.1 Å². The first-order valence-electron chi connectivity index (χ1n) is 8.42. The van der Waals surface area contributed by atoms with Crippen molar-refractivity contribution in [2.75, 3.05) is 19.6 Å². The molecule has 1 aromatic heterocycles. The fourth-order valence-electron chi connectivity index (χ4n) is 3.73. The highest BCUT2D eigenvalue weighted by Gasteiger charge is 2.47. The summed E-state index contributed by atoms with van der Waals surface area (Å²) >= 11 is 0. The van der Waals surface area contributed by atoms with E-state index in [4.69, 9.17) is 0 Å². The molecule has 2 aliphatic rings. The molecule has 2 aliphatic heterocycles. The average Bonchev–Trinajstić information content (AvgIpc) is 3.12. The minimum atomic E-state index is -0.995. The van der Waals surface area contributed by atoms with Gasteiger partial charge in [-0.1, -0.05) is 6.07 Å². The van der Waals surface area contributed by atoms with Crippen LogP contribution in [-0.2, 0) is 0 Å². The molecule has 0 aliphatic carbocycles. The summed E-state index contributed by atoms with van der Waals surface area (Å²) in [4.78, 5) is 28.4. The molecular formula is C17H18FN5O3. The largest absolute Gasteiger partial charge is 0.465 e. The molecule has 1 N–H and O–H groups in total. The van der Waals surface area contributed by atoms with Gasteiger partial charge < -0.3 is 14.9 Å². The smallest absolute Gasteiger partial charge is 0.407 e. The van der Waals surface area contributed by atoms with Crippen molar-refractivity contribution in [2.45, 2.75) is 19.4 Å². The summed E-state index contributed by atoms with van der Waals surface area (Å²) in [7, 11) is 0. The Balaban J connectivity index is 1.67. The summed E-state index contributed by atoms with van der Waals surface area (Å²) in [6.07, 6.45) is 2.63. The van der Waals surface area contributed by atoms with E-state index in [2.05, 4.69) is 10.2 Å². The maximum absolute atomic E-state index is 14.8. The van der Waals surface area contributed by atoms with Gasteiger partial charge in [-0.2, -0.15) is 15.0 Å². The van der Waals surface area contributed by atoms with Crippen molar-refractivity contribution >= 4 is 12.0 Å². The Hall–Kier alpha value is -2.97. The van der Waals surface area contributed by atoms with Crippen LogP contribution in [0, 0.1) is 18.7 Å². The van der Waals surface area contributed by atoms with Crippen molar-refractivity contribution in [2.24, 2.45) is 5.92 Å². The van der Waals surface area contributed by atoms with Crippen molar-refractivity contribution < 1.29 is 19.1 Å². The number of rotatable bonds is 2. The van der Waals surface area contributed by atoms with Gasteiger partial charge in [0, 0.05) is 25.6 Å². The first-order valence-corrected chi connectivity index (χ1v) is 8.42. The normalized spacial score (nSPS) is 21.9. The number of likely N-dealkylation sites (tertiary alicyclic amines) is 2. The number of hydrogen-bond acceptors (Lipinski definition) is 4. The van der Waals surface area contributed by atoms with E-state index >= 15 is 0 Å². The molecule has 2 fully saturated rings. The lowest BCUT2D eigenvalue weighted by molar-refractivity contribution is -0.0240. The van der Waals surface area contributed by atoms with Gasteiger partial charge in [-0.15, -0.1) is 0 Å². The first-order chi connectivity index (χ1) is 12.5. The second-order valence-corrected chi connectivity index (χ2v) is 6.71. The van der Waals surface area contributed by atoms with Gasteiger partial charge in [0.15, 0.2) is 0 Å². The first kappa shape index (κ1) is 16.5. The molecular weight excluding hydrogens is 341 g/mol. The van der Waals surface area contributed by atoms with E-state index in [-0.39, 0.29) is 29.8 Å². The zero-order valence-electron chi connectivity index (χ0n) is 14.2. The van der Waals surface area contributed by atoms with Gasteiger partial charge in [-0.05, 0) is 25.0 Å². The fraction of sp³-hybridized carbons (Fsp3) is 0.412. The summed E-state index contributed by atoms with van der Waals surface area (Å²) in [5.41, 5.74) is 0.557. The molecule has 0 spiro atoms. The van der Waals surface area contributed by atoms with Crippen LogP contribution in [0.25, 0.3) is 5.69 Å². The Morgan fingerprint density at radius 1 is 1.23 bits per heavy atom. The number of benzene rings is 1.